The number of thioether (sulfide) groups is 1. The van der Waals surface area contributed by atoms with Gasteiger partial charge in [0.15, 0.2) is 0 Å². The Kier molecular flexibility index (Phi) is 7.86. The van der Waals surface area contributed by atoms with E-state index in [1.807, 2.05) is 6.07 Å². The molecule has 0 bridgehead atoms. The Morgan fingerprint density at radius 3 is 2.58 bits per heavy atom. The molecule has 1 N–H and O–H groups in total. The number of piperazine rings is 1. The van der Waals surface area contributed by atoms with E-state index in [4.69, 9.17) is 0 Å². The first-order valence-electron chi connectivity index (χ1n) is 10.5. The standard InChI is InChI=1S/C22H29N5O3S/c1-16(2)8-13-31-20-6-4-17(14-19(20)27(29)30)22(28)24-21-7-5-18(15-23-21)26-11-9-25(3)10-12-26/h4-7,14-16H,8-13H2,1-3H3,(H,23,24,28). The number of nitrogens with one attached hydrogen (secondary N) is 1. The Labute approximate surface area is 187 Å². The number of anilines is 2. The van der Waals surface area contributed by atoms with Gasteiger partial charge in [0.1, 0.15) is 5.82 Å². The van der Waals surface area contributed by atoms with Gasteiger partial charge >= 0.3 is 0 Å². The third-order valence-corrected chi connectivity index (χ3v) is 6.32. The fourth-order valence-corrected chi connectivity index (χ4v) is 4.48. The van der Waals surface area contributed by atoms with Gasteiger partial charge in [-0.2, -0.15) is 0 Å². The van der Waals surface area contributed by atoms with Crippen molar-refractivity contribution in [1.82, 2.24) is 9.88 Å². The monoisotopic (exact) mass is 443 g/mol. The van der Waals surface area contributed by atoms with E-state index < -0.39 is 10.8 Å². The van der Waals surface area contributed by atoms with Crippen LogP contribution in [0.15, 0.2) is 41.4 Å². The number of amides is 1. The lowest BCUT2D eigenvalue weighted by Gasteiger charge is -2.33. The minimum absolute atomic E-state index is 0.0419. The molecule has 0 atom stereocenters. The summed E-state index contributed by atoms with van der Waals surface area (Å²) in [6.07, 6.45) is 2.72. The number of carbonyl (C=O) groups is 1. The first-order valence-corrected chi connectivity index (χ1v) is 11.4. The number of hydrogen-bond acceptors (Lipinski definition) is 7. The van der Waals surface area contributed by atoms with E-state index >= 15 is 0 Å². The zero-order valence-corrected chi connectivity index (χ0v) is 19.0. The quantitative estimate of drug-likeness (QED) is 0.372. The fraction of sp³-hybridized carbons (Fsp3) is 0.455. The fourth-order valence-electron chi connectivity index (χ4n) is 3.23. The summed E-state index contributed by atoms with van der Waals surface area (Å²) in [5.74, 6) is 1.34. The highest BCUT2D eigenvalue weighted by atomic mass is 32.2. The van der Waals surface area contributed by atoms with Crippen LogP contribution < -0.4 is 10.2 Å². The molecular weight excluding hydrogens is 414 g/mol. The molecule has 9 heteroatoms. The number of aromatic nitrogens is 1. The summed E-state index contributed by atoms with van der Waals surface area (Å²) < 4.78 is 0. The van der Waals surface area contributed by atoms with Crippen LogP contribution in [0, 0.1) is 16.0 Å². The smallest absolute Gasteiger partial charge is 0.283 e. The van der Waals surface area contributed by atoms with Gasteiger partial charge in [-0.25, -0.2) is 4.98 Å². The summed E-state index contributed by atoms with van der Waals surface area (Å²) in [6.45, 7) is 8.12. The van der Waals surface area contributed by atoms with Crippen LogP contribution in [-0.4, -0.2) is 59.7 Å². The van der Waals surface area contributed by atoms with Crippen LogP contribution in [0.3, 0.4) is 0 Å². The van der Waals surface area contributed by atoms with Gasteiger partial charge in [0.2, 0.25) is 0 Å². The molecule has 1 aliphatic rings. The molecule has 2 aromatic rings. The van der Waals surface area contributed by atoms with Crippen molar-refractivity contribution in [3.63, 3.8) is 0 Å². The first-order chi connectivity index (χ1) is 14.8. The van der Waals surface area contributed by atoms with Crippen molar-refractivity contribution in [1.29, 1.82) is 0 Å². The molecule has 8 nitrogen and oxygen atoms in total. The van der Waals surface area contributed by atoms with Gasteiger partial charge in [-0.3, -0.25) is 14.9 Å². The maximum atomic E-state index is 12.6. The molecular formula is C22H29N5O3S. The highest BCUT2D eigenvalue weighted by Gasteiger charge is 2.19. The summed E-state index contributed by atoms with van der Waals surface area (Å²) in [7, 11) is 2.11. The highest BCUT2D eigenvalue weighted by molar-refractivity contribution is 7.99. The van der Waals surface area contributed by atoms with Crippen molar-refractivity contribution >= 4 is 34.9 Å². The number of nitrogens with zero attached hydrogens (tertiary/aromatic N) is 4. The minimum Gasteiger partial charge on any atom is -0.368 e. The van der Waals surface area contributed by atoms with E-state index in [9.17, 15) is 14.9 Å². The molecule has 0 unspecified atom stereocenters. The van der Waals surface area contributed by atoms with Gasteiger partial charge in [0.25, 0.3) is 11.6 Å². The Hall–Kier alpha value is -2.65. The molecule has 31 heavy (non-hydrogen) atoms. The average molecular weight is 444 g/mol. The number of nitro benzene ring substituents is 1. The van der Waals surface area contributed by atoms with Crippen molar-refractivity contribution in [2.24, 2.45) is 5.92 Å². The summed E-state index contributed by atoms with van der Waals surface area (Å²) in [4.78, 5) is 33.2. The molecule has 0 aliphatic carbocycles. The summed E-state index contributed by atoms with van der Waals surface area (Å²) in [5.41, 5.74) is 1.22. The topological polar surface area (TPSA) is 91.6 Å². The van der Waals surface area contributed by atoms with Gasteiger partial charge in [-0.1, -0.05) is 13.8 Å². The van der Waals surface area contributed by atoms with Crippen LogP contribution in [0.25, 0.3) is 0 Å². The van der Waals surface area contributed by atoms with Crippen LogP contribution in [0.2, 0.25) is 0 Å². The number of likely N-dealkylation sites (N-methyl/N-ethyl adjacent to an activating group) is 1. The van der Waals surface area contributed by atoms with Gasteiger partial charge in [0.05, 0.1) is 21.7 Å². The summed E-state index contributed by atoms with van der Waals surface area (Å²) in [6, 6.07) is 8.31. The summed E-state index contributed by atoms with van der Waals surface area (Å²) >= 11 is 1.45. The van der Waals surface area contributed by atoms with E-state index in [2.05, 4.69) is 41.0 Å². The number of nitro groups is 1. The highest BCUT2D eigenvalue weighted by Crippen LogP contribution is 2.31. The lowest BCUT2D eigenvalue weighted by Crippen LogP contribution is -2.44. The van der Waals surface area contributed by atoms with Crippen molar-refractivity contribution in [3.05, 3.63) is 52.2 Å². The molecule has 1 fully saturated rings. The largest absolute Gasteiger partial charge is 0.368 e. The predicted octanol–water partition coefficient (Wildman–Crippen LogP) is 4.13. The molecule has 1 amide bonds. The molecule has 0 radical (unpaired) electrons. The predicted molar refractivity (Wildman–Crippen MR) is 125 cm³/mol. The zero-order chi connectivity index (χ0) is 22.4. The Balaban J connectivity index is 1.65. The van der Waals surface area contributed by atoms with Crippen molar-refractivity contribution in [3.8, 4) is 0 Å². The second kappa shape index (κ2) is 10.6. The molecule has 1 aromatic carbocycles. The first kappa shape index (κ1) is 23.0. The van der Waals surface area contributed by atoms with E-state index in [0.717, 1.165) is 44.0 Å². The van der Waals surface area contributed by atoms with Crippen LogP contribution in [0.5, 0.6) is 0 Å². The molecule has 2 heterocycles. The number of rotatable bonds is 8. The van der Waals surface area contributed by atoms with E-state index in [1.165, 1.54) is 17.8 Å². The van der Waals surface area contributed by atoms with Gasteiger partial charge in [0, 0.05) is 37.8 Å². The van der Waals surface area contributed by atoms with E-state index in [0.29, 0.717) is 16.6 Å². The maximum absolute atomic E-state index is 12.6. The molecule has 3 rings (SSSR count). The van der Waals surface area contributed by atoms with Crippen molar-refractivity contribution in [2.45, 2.75) is 25.2 Å². The Bertz CT molecular complexity index is 912. The summed E-state index contributed by atoms with van der Waals surface area (Å²) in [5, 5.41) is 14.2. The van der Waals surface area contributed by atoms with E-state index in [-0.39, 0.29) is 11.3 Å². The van der Waals surface area contributed by atoms with Crippen LogP contribution in [0.4, 0.5) is 17.2 Å². The molecule has 0 saturated carbocycles. The molecule has 1 aliphatic heterocycles. The number of hydrogen-bond donors (Lipinski definition) is 1. The Morgan fingerprint density at radius 2 is 1.97 bits per heavy atom. The van der Waals surface area contributed by atoms with Gasteiger partial charge in [-0.05, 0) is 49.4 Å². The molecule has 1 aromatic heterocycles. The second-order valence-electron chi connectivity index (χ2n) is 8.12. The number of pyridine rings is 1. The van der Waals surface area contributed by atoms with Gasteiger partial charge < -0.3 is 15.1 Å². The molecule has 166 valence electrons. The average Bonchev–Trinajstić information content (AvgIpc) is 2.74. The SMILES string of the molecule is CC(C)CCSc1ccc(C(=O)Nc2ccc(N3CCN(C)CC3)cn2)cc1[N+](=O)[O-]. The Morgan fingerprint density at radius 1 is 1.23 bits per heavy atom. The van der Waals surface area contributed by atoms with E-state index in [1.54, 1.807) is 24.4 Å². The second-order valence-corrected chi connectivity index (χ2v) is 9.25. The van der Waals surface area contributed by atoms with Crippen LogP contribution >= 0.6 is 11.8 Å². The van der Waals surface area contributed by atoms with Crippen LogP contribution in [0.1, 0.15) is 30.6 Å². The minimum atomic E-state index is -0.433. The lowest BCUT2D eigenvalue weighted by atomic mass is 10.2. The van der Waals surface area contributed by atoms with Crippen molar-refractivity contribution < 1.29 is 9.72 Å². The van der Waals surface area contributed by atoms with Crippen LogP contribution in [-0.2, 0) is 0 Å². The van der Waals surface area contributed by atoms with Crippen molar-refractivity contribution in [2.75, 3.05) is 49.2 Å². The van der Waals surface area contributed by atoms with Gasteiger partial charge in [-0.15, -0.1) is 11.8 Å². The number of benzene rings is 1. The third kappa shape index (κ3) is 6.41. The molecule has 0 spiro atoms. The number of carbonyl (C=O) groups excluding carboxylic acids is 1. The lowest BCUT2D eigenvalue weighted by molar-refractivity contribution is -0.387. The molecule has 1 saturated heterocycles. The zero-order valence-electron chi connectivity index (χ0n) is 18.2. The third-order valence-electron chi connectivity index (χ3n) is 5.23. The maximum Gasteiger partial charge on any atom is 0.283 e. The normalized spacial score (nSPS) is 14.6.